The SMILES string of the molecule is COCCCn1c(=S)[nH]c2cc(C(=O)NCc3cn4c(n3)CCCC4)ccc2c1=O. The molecule has 3 heterocycles. The number of hydrogen-bond acceptors (Lipinski definition) is 5. The molecule has 2 aromatic heterocycles. The van der Waals surface area contributed by atoms with E-state index < -0.39 is 0 Å². The van der Waals surface area contributed by atoms with E-state index in [-0.39, 0.29) is 11.5 Å². The van der Waals surface area contributed by atoms with E-state index in [4.69, 9.17) is 17.0 Å². The second kappa shape index (κ2) is 8.93. The molecule has 1 amide bonds. The minimum Gasteiger partial charge on any atom is -0.385 e. The zero-order valence-corrected chi connectivity index (χ0v) is 17.8. The van der Waals surface area contributed by atoms with Crippen molar-refractivity contribution >= 4 is 29.0 Å². The topological polar surface area (TPSA) is 93.9 Å². The number of H-pyrrole nitrogens is 1. The number of amides is 1. The van der Waals surface area contributed by atoms with Crippen LogP contribution in [0, 0.1) is 4.77 Å². The normalized spacial score (nSPS) is 13.4. The van der Waals surface area contributed by atoms with Crippen LogP contribution < -0.4 is 10.9 Å². The Morgan fingerprint density at radius 1 is 1.37 bits per heavy atom. The number of aromatic amines is 1. The number of nitrogens with one attached hydrogen (secondary N) is 2. The Bertz CT molecular complexity index is 1170. The molecule has 1 aromatic carbocycles. The van der Waals surface area contributed by atoms with E-state index in [9.17, 15) is 9.59 Å². The Hall–Kier alpha value is -2.78. The Morgan fingerprint density at radius 3 is 3.03 bits per heavy atom. The second-order valence-electron chi connectivity index (χ2n) is 7.48. The van der Waals surface area contributed by atoms with Gasteiger partial charge >= 0.3 is 0 Å². The number of hydrogen-bond donors (Lipinski definition) is 2. The van der Waals surface area contributed by atoms with Gasteiger partial charge in [-0.3, -0.25) is 14.2 Å². The van der Waals surface area contributed by atoms with Crippen molar-refractivity contribution in [3.8, 4) is 0 Å². The summed E-state index contributed by atoms with van der Waals surface area (Å²) in [5.41, 5.74) is 1.71. The monoisotopic (exact) mass is 427 g/mol. The zero-order valence-electron chi connectivity index (χ0n) is 16.9. The molecule has 2 N–H and O–H groups in total. The molecule has 0 spiro atoms. The highest BCUT2D eigenvalue weighted by Crippen LogP contribution is 2.15. The summed E-state index contributed by atoms with van der Waals surface area (Å²) >= 11 is 5.34. The first kappa shape index (κ1) is 20.5. The molecule has 4 rings (SSSR count). The van der Waals surface area contributed by atoms with Crippen molar-refractivity contribution in [3.63, 3.8) is 0 Å². The van der Waals surface area contributed by atoms with E-state index in [0.717, 1.165) is 30.9 Å². The van der Waals surface area contributed by atoms with E-state index in [1.807, 2.05) is 6.20 Å². The number of carbonyl (C=O) groups excluding carboxylic acids is 1. The number of rotatable bonds is 7. The van der Waals surface area contributed by atoms with Crippen molar-refractivity contribution in [1.82, 2.24) is 24.4 Å². The predicted octanol–water partition coefficient (Wildman–Crippen LogP) is 2.56. The highest BCUT2D eigenvalue weighted by atomic mass is 32.1. The van der Waals surface area contributed by atoms with E-state index in [0.29, 0.717) is 47.4 Å². The van der Waals surface area contributed by atoms with E-state index >= 15 is 0 Å². The second-order valence-corrected chi connectivity index (χ2v) is 7.86. The van der Waals surface area contributed by atoms with Crippen LogP contribution in [0.4, 0.5) is 0 Å². The van der Waals surface area contributed by atoms with Crippen molar-refractivity contribution < 1.29 is 9.53 Å². The van der Waals surface area contributed by atoms with Gasteiger partial charge in [-0.15, -0.1) is 0 Å². The van der Waals surface area contributed by atoms with Crippen molar-refractivity contribution in [2.75, 3.05) is 13.7 Å². The van der Waals surface area contributed by atoms with Crippen molar-refractivity contribution in [1.29, 1.82) is 0 Å². The number of imidazole rings is 1. The highest BCUT2D eigenvalue weighted by molar-refractivity contribution is 7.71. The molecular formula is C21H25N5O3S. The van der Waals surface area contributed by atoms with Gasteiger partial charge in [0.25, 0.3) is 11.5 Å². The average molecular weight is 428 g/mol. The first-order chi connectivity index (χ1) is 14.6. The van der Waals surface area contributed by atoms with Crippen LogP contribution in [0.15, 0.2) is 29.2 Å². The molecule has 0 bridgehead atoms. The summed E-state index contributed by atoms with van der Waals surface area (Å²) in [5.74, 6) is 0.872. The summed E-state index contributed by atoms with van der Waals surface area (Å²) in [4.78, 5) is 33.1. The van der Waals surface area contributed by atoms with Gasteiger partial charge in [-0.25, -0.2) is 4.98 Å². The van der Waals surface area contributed by atoms with E-state index in [1.165, 1.54) is 11.0 Å². The molecule has 0 aliphatic carbocycles. The van der Waals surface area contributed by atoms with Gasteiger partial charge < -0.3 is 19.6 Å². The fraction of sp³-hybridized carbons (Fsp3) is 0.429. The van der Waals surface area contributed by atoms with Crippen LogP contribution in [-0.4, -0.2) is 38.7 Å². The maximum atomic E-state index is 12.8. The molecule has 0 saturated heterocycles. The highest BCUT2D eigenvalue weighted by Gasteiger charge is 2.14. The third kappa shape index (κ3) is 4.22. The first-order valence-corrected chi connectivity index (χ1v) is 10.6. The number of carbonyl (C=O) groups is 1. The summed E-state index contributed by atoms with van der Waals surface area (Å²) in [5, 5.41) is 3.41. The number of aromatic nitrogens is 4. The third-order valence-electron chi connectivity index (χ3n) is 5.36. The van der Waals surface area contributed by atoms with Crippen molar-refractivity contribution in [2.45, 2.75) is 45.3 Å². The minimum absolute atomic E-state index is 0.166. The lowest BCUT2D eigenvalue weighted by Gasteiger charge is -2.11. The van der Waals surface area contributed by atoms with Crippen LogP contribution in [-0.2, 0) is 30.8 Å². The first-order valence-electron chi connectivity index (χ1n) is 10.2. The van der Waals surface area contributed by atoms with Gasteiger partial charge in [0.05, 0.1) is 23.1 Å². The smallest absolute Gasteiger partial charge is 0.262 e. The quantitative estimate of drug-likeness (QED) is 0.446. The van der Waals surface area contributed by atoms with Gasteiger partial charge in [-0.1, -0.05) is 0 Å². The number of nitrogens with zero attached hydrogens (tertiary/aromatic N) is 3. The summed E-state index contributed by atoms with van der Waals surface area (Å²) < 4.78 is 9.07. The molecule has 30 heavy (non-hydrogen) atoms. The fourth-order valence-corrected chi connectivity index (χ4v) is 4.08. The largest absolute Gasteiger partial charge is 0.385 e. The van der Waals surface area contributed by atoms with Crippen LogP contribution in [0.5, 0.6) is 0 Å². The molecular weight excluding hydrogens is 402 g/mol. The number of benzene rings is 1. The van der Waals surface area contributed by atoms with Gasteiger partial charge in [0, 0.05) is 45.0 Å². The Morgan fingerprint density at radius 2 is 2.23 bits per heavy atom. The maximum Gasteiger partial charge on any atom is 0.262 e. The lowest BCUT2D eigenvalue weighted by molar-refractivity contribution is 0.0950. The molecule has 0 saturated carbocycles. The molecule has 0 fully saturated rings. The number of methoxy groups -OCH3 is 1. The molecule has 1 aliphatic rings. The van der Waals surface area contributed by atoms with Crippen LogP contribution in [0.25, 0.3) is 10.9 Å². The Balaban J connectivity index is 1.50. The summed E-state index contributed by atoms with van der Waals surface area (Å²) in [7, 11) is 1.62. The molecule has 158 valence electrons. The molecule has 8 nitrogen and oxygen atoms in total. The molecule has 9 heteroatoms. The maximum absolute atomic E-state index is 12.8. The van der Waals surface area contributed by atoms with E-state index in [1.54, 1.807) is 25.3 Å². The summed E-state index contributed by atoms with van der Waals surface area (Å²) in [6, 6.07) is 4.99. The number of fused-ring (bicyclic) bond motifs is 2. The zero-order chi connectivity index (χ0) is 21.1. The Labute approximate surface area is 178 Å². The van der Waals surface area contributed by atoms with E-state index in [2.05, 4.69) is 19.9 Å². The van der Waals surface area contributed by atoms with Crippen molar-refractivity contribution in [3.05, 3.63) is 56.6 Å². The molecule has 0 unspecified atom stereocenters. The number of aryl methyl sites for hydroxylation is 2. The van der Waals surface area contributed by atoms with Crippen LogP contribution in [0.2, 0.25) is 0 Å². The lowest BCUT2D eigenvalue weighted by Crippen LogP contribution is -2.25. The minimum atomic E-state index is -0.216. The van der Waals surface area contributed by atoms with Gasteiger partial charge in [-0.05, 0) is 49.7 Å². The van der Waals surface area contributed by atoms with Crippen LogP contribution in [0.1, 0.15) is 41.1 Å². The van der Waals surface area contributed by atoms with Crippen LogP contribution in [0.3, 0.4) is 0 Å². The molecule has 1 aliphatic heterocycles. The number of ether oxygens (including phenoxy) is 1. The summed E-state index contributed by atoms with van der Waals surface area (Å²) in [6.07, 6.45) is 6.02. The molecule has 0 radical (unpaired) electrons. The summed E-state index contributed by atoms with van der Waals surface area (Å²) in [6.45, 7) is 2.39. The van der Waals surface area contributed by atoms with Crippen LogP contribution >= 0.6 is 12.2 Å². The average Bonchev–Trinajstić information content (AvgIpc) is 3.17. The van der Waals surface area contributed by atoms with Gasteiger partial charge in [0.1, 0.15) is 5.82 Å². The third-order valence-corrected chi connectivity index (χ3v) is 5.69. The molecule has 0 atom stereocenters. The van der Waals surface area contributed by atoms with Gasteiger partial charge in [0.15, 0.2) is 4.77 Å². The fourth-order valence-electron chi connectivity index (χ4n) is 3.80. The predicted molar refractivity (Wildman–Crippen MR) is 116 cm³/mol. The van der Waals surface area contributed by atoms with Gasteiger partial charge in [0.2, 0.25) is 0 Å². The molecule has 3 aromatic rings. The Kier molecular flexibility index (Phi) is 6.10. The lowest BCUT2D eigenvalue weighted by atomic mass is 10.1. The standard InChI is InChI=1S/C21H25N5O3S/c1-29-10-4-9-26-20(28)16-7-6-14(11-17(16)24-21(26)30)19(27)22-12-15-13-25-8-3-2-5-18(25)23-15/h6-7,11,13H,2-5,8-10,12H2,1H3,(H,22,27)(H,24,30). The van der Waals surface area contributed by atoms with Gasteiger partial charge in [-0.2, -0.15) is 0 Å². The van der Waals surface area contributed by atoms with Crippen molar-refractivity contribution in [2.24, 2.45) is 0 Å².